The maximum absolute atomic E-state index is 11.4. The van der Waals surface area contributed by atoms with Gasteiger partial charge in [-0.25, -0.2) is 9.59 Å². The number of nitrogens with one attached hydrogen (secondary N) is 2. The van der Waals surface area contributed by atoms with Gasteiger partial charge in [0.15, 0.2) is 0 Å². The van der Waals surface area contributed by atoms with Gasteiger partial charge < -0.3 is 10.6 Å². The summed E-state index contributed by atoms with van der Waals surface area (Å²) >= 11 is 0. The highest BCUT2D eigenvalue weighted by Gasteiger charge is 2.17. The lowest BCUT2D eigenvalue weighted by molar-refractivity contribution is 0.198. The lowest BCUT2D eigenvalue weighted by Gasteiger charge is -2.27. The molecule has 0 aromatic rings. The van der Waals surface area contributed by atoms with Crippen LogP contribution in [0, 0.1) is 0 Å². The van der Waals surface area contributed by atoms with E-state index in [2.05, 4.69) is 10.6 Å². The van der Waals surface area contributed by atoms with Crippen molar-refractivity contribution in [1.29, 1.82) is 0 Å². The molecule has 16 heavy (non-hydrogen) atoms. The fraction of sp³-hybridized carbons (Fsp3) is 0.400. The highest BCUT2D eigenvalue weighted by Crippen LogP contribution is 2.01. The molecule has 0 aromatic heterocycles. The molecule has 6 heteroatoms. The highest BCUT2D eigenvalue weighted by atomic mass is 16.2. The van der Waals surface area contributed by atoms with Crippen LogP contribution in [0.15, 0.2) is 24.6 Å². The molecule has 0 fully saturated rings. The second kappa shape index (κ2) is 4.69. The quantitative estimate of drug-likeness (QED) is 0.709. The van der Waals surface area contributed by atoms with E-state index in [9.17, 15) is 9.59 Å². The largest absolute Gasteiger partial charge is 0.334 e. The molecule has 2 aliphatic rings. The number of amides is 4. The average Bonchev–Trinajstić information content (AvgIpc) is 2.30. The molecule has 0 saturated heterocycles. The molecule has 0 aromatic carbocycles. The number of carbonyl (C=O) groups is 2. The fourth-order valence-electron chi connectivity index (χ4n) is 1.56. The maximum Gasteiger partial charge on any atom is 0.321 e. The van der Waals surface area contributed by atoms with E-state index >= 15 is 0 Å². The molecular formula is C10H14N4O2. The monoisotopic (exact) mass is 222 g/mol. The maximum atomic E-state index is 11.4. The molecule has 0 unspecified atom stereocenters. The second-order valence-corrected chi connectivity index (χ2v) is 3.53. The molecule has 4 amide bonds. The fourth-order valence-corrected chi connectivity index (χ4v) is 1.56. The summed E-state index contributed by atoms with van der Waals surface area (Å²) in [6.07, 6.45) is 7.22. The van der Waals surface area contributed by atoms with E-state index in [0.29, 0.717) is 26.2 Å². The molecule has 2 rings (SSSR count). The first kappa shape index (κ1) is 10.5. The van der Waals surface area contributed by atoms with Crippen molar-refractivity contribution in [3.05, 3.63) is 24.6 Å². The standard InChI is InChI=1S/C10H14N4O2/c15-9-11-3-1-5-13(9)7-8-14-6-2-4-12-10(14)16/h1-2,5-6H,3-4,7-8H2,(H,11,15)(H,12,16). The van der Waals surface area contributed by atoms with Crippen LogP contribution >= 0.6 is 0 Å². The average molecular weight is 222 g/mol. The molecule has 2 heterocycles. The van der Waals surface area contributed by atoms with Crippen LogP contribution in [0.2, 0.25) is 0 Å². The Hall–Kier alpha value is -1.98. The van der Waals surface area contributed by atoms with Crippen LogP contribution < -0.4 is 10.6 Å². The van der Waals surface area contributed by atoms with E-state index in [1.165, 1.54) is 0 Å². The molecule has 0 aliphatic carbocycles. The molecule has 0 saturated carbocycles. The van der Waals surface area contributed by atoms with Crippen LogP contribution in [0.1, 0.15) is 0 Å². The minimum Gasteiger partial charge on any atom is -0.334 e. The predicted octanol–water partition coefficient (Wildman–Crippen LogP) is 0.0642. The highest BCUT2D eigenvalue weighted by molar-refractivity contribution is 5.77. The summed E-state index contributed by atoms with van der Waals surface area (Å²) in [4.78, 5) is 25.9. The summed E-state index contributed by atoms with van der Waals surface area (Å²) in [5.74, 6) is 0. The lowest BCUT2D eigenvalue weighted by atomic mass is 10.4. The number of urea groups is 2. The van der Waals surface area contributed by atoms with Gasteiger partial charge in [0, 0.05) is 38.6 Å². The van der Waals surface area contributed by atoms with Crippen LogP contribution in [0.5, 0.6) is 0 Å². The molecule has 6 nitrogen and oxygen atoms in total. The van der Waals surface area contributed by atoms with Gasteiger partial charge in [0.25, 0.3) is 0 Å². The molecule has 0 spiro atoms. The molecule has 0 radical (unpaired) electrons. The van der Waals surface area contributed by atoms with Crippen molar-refractivity contribution in [3.63, 3.8) is 0 Å². The molecule has 86 valence electrons. The van der Waals surface area contributed by atoms with E-state index in [-0.39, 0.29) is 12.1 Å². The van der Waals surface area contributed by atoms with Crippen molar-refractivity contribution in [3.8, 4) is 0 Å². The first-order valence-electron chi connectivity index (χ1n) is 5.19. The third-order valence-corrected chi connectivity index (χ3v) is 2.42. The van der Waals surface area contributed by atoms with E-state index < -0.39 is 0 Å². The van der Waals surface area contributed by atoms with Crippen LogP contribution in [-0.4, -0.2) is 48.0 Å². The molecule has 2 aliphatic heterocycles. The first-order chi connectivity index (χ1) is 7.77. The third-order valence-electron chi connectivity index (χ3n) is 2.42. The SMILES string of the molecule is O=C1NCC=CN1CCN1C=CCNC1=O. The van der Waals surface area contributed by atoms with E-state index in [4.69, 9.17) is 0 Å². The van der Waals surface area contributed by atoms with Crippen molar-refractivity contribution in [1.82, 2.24) is 20.4 Å². The van der Waals surface area contributed by atoms with Gasteiger partial charge in [0.05, 0.1) is 0 Å². The first-order valence-corrected chi connectivity index (χ1v) is 5.19. The molecule has 0 atom stereocenters. The van der Waals surface area contributed by atoms with Gasteiger partial charge in [-0.05, 0) is 12.2 Å². The van der Waals surface area contributed by atoms with Crippen molar-refractivity contribution in [2.24, 2.45) is 0 Å². The van der Waals surface area contributed by atoms with E-state index in [0.717, 1.165) is 0 Å². The van der Waals surface area contributed by atoms with Gasteiger partial charge in [-0.3, -0.25) is 9.80 Å². The van der Waals surface area contributed by atoms with Gasteiger partial charge in [0.1, 0.15) is 0 Å². The zero-order valence-corrected chi connectivity index (χ0v) is 8.85. The molecular weight excluding hydrogens is 208 g/mol. The summed E-state index contributed by atoms with van der Waals surface area (Å²) in [6.45, 7) is 2.11. The summed E-state index contributed by atoms with van der Waals surface area (Å²) in [6, 6.07) is -0.243. The van der Waals surface area contributed by atoms with Crippen LogP contribution in [0.3, 0.4) is 0 Å². The Kier molecular flexibility index (Phi) is 3.09. The van der Waals surface area contributed by atoms with Crippen LogP contribution in [-0.2, 0) is 0 Å². The zero-order valence-electron chi connectivity index (χ0n) is 8.85. The Morgan fingerprint density at radius 3 is 1.75 bits per heavy atom. The number of rotatable bonds is 3. The minimum absolute atomic E-state index is 0.121. The Morgan fingerprint density at radius 2 is 1.38 bits per heavy atom. The van der Waals surface area contributed by atoms with Gasteiger partial charge in [-0.15, -0.1) is 0 Å². The van der Waals surface area contributed by atoms with Crippen molar-refractivity contribution in [2.75, 3.05) is 26.2 Å². The number of nitrogens with zero attached hydrogens (tertiary/aromatic N) is 2. The smallest absolute Gasteiger partial charge is 0.321 e. The van der Waals surface area contributed by atoms with Crippen molar-refractivity contribution < 1.29 is 9.59 Å². The van der Waals surface area contributed by atoms with E-state index in [1.807, 2.05) is 12.2 Å². The Morgan fingerprint density at radius 1 is 0.938 bits per heavy atom. The van der Waals surface area contributed by atoms with Crippen LogP contribution in [0.4, 0.5) is 9.59 Å². The van der Waals surface area contributed by atoms with Gasteiger partial charge >= 0.3 is 12.1 Å². The van der Waals surface area contributed by atoms with Gasteiger partial charge in [-0.1, -0.05) is 0 Å². The van der Waals surface area contributed by atoms with Crippen LogP contribution in [0.25, 0.3) is 0 Å². The summed E-state index contributed by atoms with van der Waals surface area (Å²) < 4.78 is 0. The topological polar surface area (TPSA) is 64.7 Å². The zero-order chi connectivity index (χ0) is 11.4. The second-order valence-electron chi connectivity index (χ2n) is 3.53. The number of hydrogen-bond donors (Lipinski definition) is 2. The predicted molar refractivity (Wildman–Crippen MR) is 58.5 cm³/mol. The Labute approximate surface area is 93.6 Å². The Bertz CT molecular complexity index is 317. The number of carbonyl (C=O) groups excluding carboxylic acids is 2. The van der Waals surface area contributed by atoms with Gasteiger partial charge in [0.2, 0.25) is 0 Å². The van der Waals surface area contributed by atoms with Gasteiger partial charge in [-0.2, -0.15) is 0 Å². The molecule has 0 bridgehead atoms. The summed E-state index contributed by atoms with van der Waals surface area (Å²) in [5, 5.41) is 5.39. The molecule has 2 N–H and O–H groups in total. The summed E-state index contributed by atoms with van der Waals surface area (Å²) in [5.41, 5.74) is 0. The number of hydrogen-bond acceptors (Lipinski definition) is 2. The normalized spacial score (nSPS) is 19.8. The minimum atomic E-state index is -0.121. The van der Waals surface area contributed by atoms with E-state index in [1.54, 1.807) is 22.2 Å². The Balaban J connectivity index is 1.86. The summed E-state index contributed by atoms with van der Waals surface area (Å²) in [7, 11) is 0. The third kappa shape index (κ3) is 2.33. The lowest BCUT2D eigenvalue weighted by Crippen LogP contribution is -2.46. The van der Waals surface area contributed by atoms with Crippen molar-refractivity contribution >= 4 is 12.1 Å². The van der Waals surface area contributed by atoms with Crippen molar-refractivity contribution in [2.45, 2.75) is 0 Å².